The number of ether oxygens (including phenoxy) is 3. The first-order chi connectivity index (χ1) is 12.4. The van der Waals surface area contributed by atoms with E-state index in [9.17, 15) is 4.79 Å². The first-order valence-electron chi connectivity index (χ1n) is 8.27. The second-order valence-electron chi connectivity index (χ2n) is 5.75. The van der Waals surface area contributed by atoms with Crippen LogP contribution in [-0.4, -0.2) is 18.2 Å². The molecule has 2 rings (SSSR count). The lowest BCUT2D eigenvalue weighted by Crippen LogP contribution is -2.28. The first-order valence-corrected chi connectivity index (χ1v) is 8.65. The highest BCUT2D eigenvalue weighted by Gasteiger charge is 2.18. The molecule has 2 unspecified atom stereocenters. The van der Waals surface area contributed by atoms with E-state index in [2.05, 4.69) is 0 Å². The van der Waals surface area contributed by atoms with Crippen molar-refractivity contribution in [3.8, 4) is 23.3 Å². The van der Waals surface area contributed by atoms with Crippen LogP contribution >= 0.6 is 11.6 Å². The van der Waals surface area contributed by atoms with Crippen LogP contribution in [0.4, 0.5) is 0 Å². The van der Waals surface area contributed by atoms with Crippen molar-refractivity contribution in [2.75, 3.05) is 0 Å². The number of benzene rings is 2. The van der Waals surface area contributed by atoms with E-state index in [1.165, 1.54) is 0 Å². The third-order valence-corrected chi connectivity index (χ3v) is 3.94. The maximum absolute atomic E-state index is 11.9. The van der Waals surface area contributed by atoms with Crippen LogP contribution < -0.4 is 9.47 Å². The van der Waals surface area contributed by atoms with E-state index in [-0.39, 0.29) is 6.10 Å². The van der Waals surface area contributed by atoms with Gasteiger partial charge in [0.05, 0.1) is 22.8 Å². The lowest BCUT2D eigenvalue weighted by atomic mass is 10.2. The van der Waals surface area contributed by atoms with Gasteiger partial charge in [-0.1, -0.05) is 18.5 Å². The molecule has 0 bridgehead atoms. The molecule has 0 heterocycles. The Morgan fingerprint density at radius 2 is 1.81 bits per heavy atom. The molecule has 0 aliphatic rings. The molecule has 6 heteroatoms. The third-order valence-electron chi connectivity index (χ3n) is 3.65. The minimum Gasteiger partial charge on any atom is -0.479 e. The molecule has 0 fully saturated rings. The number of carbonyl (C=O) groups excluding carboxylic acids is 1. The summed E-state index contributed by atoms with van der Waals surface area (Å²) in [5, 5.41) is 9.20. The summed E-state index contributed by atoms with van der Waals surface area (Å²) in [6.07, 6.45) is -0.0900. The van der Waals surface area contributed by atoms with Gasteiger partial charge < -0.3 is 14.2 Å². The maximum atomic E-state index is 11.9. The van der Waals surface area contributed by atoms with E-state index in [1.54, 1.807) is 49.4 Å². The van der Waals surface area contributed by atoms with Crippen LogP contribution in [0.2, 0.25) is 5.02 Å². The van der Waals surface area contributed by atoms with Gasteiger partial charge in [0.25, 0.3) is 0 Å². The molecule has 2 atom stereocenters. The smallest absolute Gasteiger partial charge is 0.347 e. The van der Waals surface area contributed by atoms with E-state index in [1.807, 2.05) is 19.9 Å². The zero-order valence-electron chi connectivity index (χ0n) is 14.9. The van der Waals surface area contributed by atoms with Crippen molar-refractivity contribution in [2.45, 2.75) is 39.4 Å². The Bertz CT molecular complexity index is 798. The summed E-state index contributed by atoms with van der Waals surface area (Å²) in [7, 11) is 0. The molecule has 0 aliphatic carbocycles. The van der Waals surface area contributed by atoms with Gasteiger partial charge in [0.1, 0.15) is 17.2 Å². The fourth-order valence-electron chi connectivity index (χ4n) is 2.00. The highest BCUT2D eigenvalue weighted by atomic mass is 35.5. The predicted octanol–water partition coefficient (Wildman–Crippen LogP) is 5.11. The number of rotatable bonds is 7. The molecule has 0 N–H and O–H groups in total. The van der Waals surface area contributed by atoms with Gasteiger partial charge >= 0.3 is 5.97 Å². The fourth-order valence-corrected chi connectivity index (χ4v) is 2.22. The van der Waals surface area contributed by atoms with Gasteiger partial charge in [-0.2, -0.15) is 5.26 Å². The van der Waals surface area contributed by atoms with Crippen molar-refractivity contribution >= 4 is 17.6 Å². The quantitative estimate of drug-likeness (QED) is 0.630. The van der Waals surface area contributed by atoms with Crippen LogP contribution in [0.5, 0.6) is 17.2 Å². The minimum absolute atomic E-state index is 0.138. The normalized spacial score (nSPS) is 12.6. The number of hydrogen-bond donors (Lipinski definition) is 0. The van der Waals surface area contributed by atoms with Crippen molar-refractivity contribution in [3.05, 3.63) is 53.1 Å². The van der Waals surface area contributed by atoms with Gasteiger partial charge in [-0.3, -0.25) is 0 Å². The van der Waals surface area contributed by atoms with Crippen molar-refractivity contribution in [1.29, 1.82) is 5.26 Å². The van der Waals surface area contributed by atoms with Crippen molar-refractivity contribution in [2.24, 2.45) is 0 Å². The Balaban J connectivity index is 1.98. The van der Waals surface area contributed by atoms with Crippen LogP contribution in [0.1, 0.15) is 32.8 Å². The van der Waals surface area contributed by atoms with Crippen molar-refractivity contribution in [1.82, 2.24) is 0 Å². The standard InChI is InChI=1S/C20H20ClNO4/c1-4-13(2)24-20(23)14(3)25-16-6-8-17(9-7-16)26-19-10-5-15(12-22)11-18(19)21/h5-11,13-14H,4H2,1-3H3. The van der Waals surface area contributed by atoms with Crippen LogP contribution in [0.15, 0.2) is 42.5 Å². The van der Waals surface area contributed by atoms with Gasteiger partial charge in [-0.05, 0) is 62.7 Å². The topological polar surface area (TPSA) is 68.6 Å². The zero-order valence-corrected chi connectivity index (χ0v) is 15.6. The van der Waals surface area contributed by atoms with E-state index in [0.717, 1.165) is 6.42 Å². The summed E-state index contributed by atoms with van der Waals surface area (Å²) in [4.78, 5) is 11.9. The summed E-state index contributed by atoms with van der Waals surface area (Å²) in [5.74, 6) is 1.13. The van der Waals surface area contributed by atoms with E-state index in [0.29, 0.717) is 27.8 Å². The van der Waals surface area contributed by atoms with Crippen LogP contribution in [0.25, 0.3) is 0 Å². The maximum Gasteiger partial charge on any atom is 0.347 e. The Labute approximate surface area is 158 Å². The summed E-state index contributed by atoms with van der Waals surface area (Å²) in [6.45, 7) is 5.43. The number of nitriles is 1. The van der Waals surface area contributed by atoms with Gasteiger partial charge in [0.15, 0.2) is 6.10 Å². The lowest BCUT2D eigenvalue weighted by molar-refractivity contribution is -0.155. The average molecular weight is 374 g/mol. The predicted molar refractivity (Wildman–Crippen MR) is 98.6 cm³/mol. The molecule has 0 amide bonds. The number of carbonyl (C=O) groups is 1. The number of nitrogens with zero attached hydrogens (tertiary/aromatic N) is 1. The fraction of sp³-hybridized carbons (Fsp3) is 0.300. The molecular formula is C20H20ClNO4. The lowest BCUT2D eigenvalue weighted by Gasteiger charge is -2.17. The van der Waals surface area contributed by atoms with Crippen LogP contribution in [0, 0.1) is 11.3 Å². The third kappa shape index (κ3) is 5.40. The highest BCUT2D eigenvalue weighted by molar-refractivity contribution is 6.32. The van der Waals surface area contributed by atoms with Crippen molar-refractivity contribution in [3.63, 3.8) is 0 Å². The molecule has 2 aromatic carbocycles. The monoisotopic (exact) mass is 373 g/mol. The van der Waals surface area contributed by atoms with Crippen molar-refractivity contribution < 1.29 is 19.0 Å². The molecule has 26 heavy (non-hydrogen) atoms. The second kappa shape index (κ2) is 9.12. The Kier molecular flexibility index (Phi) is 6.88. The molecule has 0 aromatic heterocycles. The summed E-state index contributed by atoms with van der Waals surface area (Å²) >= 11 is 6.09. The molecule has 0 aliphatic heterocycles. The van der Waals surface area contributed by atoms with E-state index in [4.69, 9.17) is 31.1 Å². The number of hydrogen-bond acceptors (Lipinski definition) is 5. The average Bonchev–Trinajstić information content (AvgIpc) is 2.64. The van der Waals surface area contributed by atoms with Gasteiger partial charge in [-0.15, -0.1) is 0 Å². The molecule has 0 radical (unpaired) electrons. The Hall–Kier alpha value is -2.71. The molecule has 0 saturated heterocycles. The van der Waals surface area contributed by atoms with Crippen LogP contribution in [-0.2, 0) is 9.53 Å². The van der Waals surface area contributed by atoms with E-state index >= 15 is 0 Å². The molecule has 136 valence electrons. The number of esters is 1. The van der Waals surface area contributed by atoms with E-state index < -0.39 is 12.1 Å². The zero-order chi connectivity index (χ0) is 19.1. The van der Waals surface area contributed by atoms with Gasteiger partial charge in [-0.25, -0.2) is 4.79 Å². The number of halogens is 1. The van der Waals surface area contributed by atoms with Gasteiger partial charge in [0, 0.05) is 0 Å². The minimum atomic E-state index is -0.705. The summed E-state index contributed by atoms with van der Waals surface area (Å²) in [6, 6.07) is 13.6. The summed E-state index contributed by atoms with van der Waals surface area (Å²) < 4.78 is 16.5. The van der Waals surface area contributed by atoms with Gasteiger partial charge in [0.2, 0.25) is 0 Å². The molecule has 2 aromatic rings. The molecular weight excluding hydrogens is 354 g/mol. The first kappa shape index (κ1) is 19.6. The highest BCUT2D eigenvalue weighted by Crippen LogP contribution is 2.31. The summed E-state index contributed by atoms with van der Waals surface area (Å²) in [5.41, 5.74) is 0.462. The Morgan fingerprint density at radius 3 is 2.38 bits per heavy atom. The Morgan fingerprint density at radius 1 is 1.15 bits per heavy atom. The largest absolute Gasteiger partial charge is 0.479 e. The van der Waals surface area contributed by atoms with Crippen LogP contribution in [0.3, 0.4) is 0 Å². The molecule has 0 spiro atoms. The SMILES string of the molecule is CCC(C)OC(=O)C(C)Oc1ccc(Oc2ccc(C#N)cc2Cl)cc1. The molecule has 5 nitrogen and oxygen atoms in total. The second-order valence-corrected chi connectivity index (χ2v) is 6.15. The molecule has 0 saturated carbocycles.